The van der Waals surface area contributed by atoms with Crippen molar-refractivity contribution in [1.82, 2.24) is 4.98 Å². The molecule has 1 aromatic rings. The fourth-order valence-corrected chi connectivity index (χ4v) is 1.73. The van der Waals surface area contributed by atoms with Gasteiger partial charge in [0, 0.05) is 10.7 Å². The average molecular weight is 257 g/mol. The minimum Gasteiger partial charge on any atom is -0.397 e. The van der Waals surface area contributed by atoms with Gasteiger partial charge < -0.3 is 5.73 Å². The second kappa shape index (κ2) is 3.90. The monoisotopic (exact) mass is 256 g/mol. The zero-order valence-corrected chi connectivity index (χ0v) is 9.11. The molecule has 0 atom stereocenters. The Balaban J connectivity index is 3.50. The first-order chi connectivity index (χ1) is 6.73. The smallest absolute Gasteiger partial charge is 0.282 e. The summed E-state index contributed by atoms with van der Waals surface area (Å²) in [6.07, 6.45) is -2.94. The van der Waals surface area contributed by atoms with E-state index < -0.39 is 26.2 Å². The van der Waals surface area contributed by atoms with Crippen molar-refractivity contribution in [2.75, 3.05) is 5.73 Å². The fraction of sp³-hybridized carbons (Fsp3) is 0.286. The van der Waals surface area contributed by atoms with Crippen LogP contribution in [0.1, 0.15) is 17.7 Å². The van der Waals surface area contributed by atoms with Crippen molar-refractivity contribution in [3.63, 3.8) is 0 Å². The molecule has 0 saturated carbocycles. The van der Waals surface area contributed by atoms with Crippen LogP contribution in [0.4, 0.5) is 14.5 Å². The molecule has 15 heavy (non-hydrogen) atoms. The van der Waals surface area contributed by atoms with Gasteiger partial charge in [0.15, 0.2) is 5.03 Å². The van der Waals surface area contributed by atoms with Crippen molar-refractivity contribution in [3.8, 4) is 0 Å². The number of nitrogen functional groups attached to an aromatic ring is 1. The second-order valence-corrected chi connectivity index (χ2v) is 5.33. The normalized spacial score (nSPS) is 12.1. The van der Waals surface area contributed by atoms with Crippen molar-refractivity contribution < 1.29 is 17.2 Å². The summed E-state index contributed by atoms with van der Waals surface area (Å²) in [5.74, 6) is 0. The summed E-state index contributed by atoms with van der Waals surface area (Å²) in [5.41, 5.74) is 4.51. The average Bonchev–Trinajstić information content (AvgIpc) is 2.06. The van der Waals surface area contributed by atoms with Gasteiger partial charge in [0.05, 0.1) is 5.69 Å². The van der Waals surface area contributed by atoms with Gasteiger partial charge in [-0.1, -0.05) is 0 Å². The summed E-state index contributed by atoms with van der Waals surface area (Å²) in [6.45, 7) is 1.40. The molecule has 0 radical (unpaired) electrons. The van der Waals surface area contributed by atoms with Crippen LogP contribution >= 0.6 is 10.7 Å². The van der Waals surface area contributed by atoms with E-state index in [-0.39, 0.29) is 11.3 Å². The molecular formula is C7H7ClF2N2O2S. The van der Waals surface area contributed by atoms with Gasteiger partial charge in [-0.25, -0.2) is 22.2 Å². The first kappa shape index (κ1) is 12.1. The number of hydrogen-bond acceptors (Lipinski definition) is 4. The topological polar surface area (TPSA) is 73.0 Å². The first-order valence-corrected chi connectivity index (χ1v) is 6.04. The highest BCUT2D eigenvalue weighted by Crippen LogP contribution is 2.28. The van der Waals surface area contributed by atoms with Crippen LogP contribution < -0.4 is 5.73 Å². The minimum atomic E-state index is -4.13. The Labute approximate surface area is 89.5 Å². The summed E-state index contributed by atoms with van der Waals surface area (Å²) in [7, 11) is 0.858. The highest BCUT2D eigenvalue weighted by atomic mass is 35.7. The SMILES string of the molecule is Cc1cc(S(=O)(=O)Cl)nc(C(F)F)c1N. The summed E-state index contributed by atoms with van der Waals surface area (Å²) in [4.78, 5) is 3.21. The maximum atomic E-state index is 12.4. The van der Waals surface area contributed by atoms with E-state index >= 15 is 0 Å². The van der Waals surface area contributed by atoms with Crippen LogP contribution in [0, 0.1) is 6.92 Å². The van der Waals surface area contributed by atoms with Gasteiger partial charge in [-0.05, 0) is 18.6 Å². The molecule has 2 N–H and O–H groups in total. The Kier molecular flexibility index (Phi) is 3.15. The van der Waals surface area contributed by atoms with Crippen molar-refractivity contribution in [3.05, 3.63) is 17.3 Å². The van der Waals surface area contributed by atoms with E-state index in [9.17, 15) is 17.2 Å². The zero-order valence-electron chi connectivity index (χ0n) is 7.54. The van der Waals surface area contributed by atoms with E-state index in [0.29, 0.717) is 0 Å². The Hall–Kier alpha value is -0.950. The molecule has 84 valence electrons. The Morgan fingerprint density at radius 1 is 1.53 bits per heavy atom. The molecule has 8 heteroatoms. The number of aromatic nitrogens is 1. The number of aryl methyl sites for hydroxylation is 1. The lowest BCUT2D eigenvalue weighted by molar-refractivity contribution is 0.146. The van der Waals surface area contributed by atoms with Crippen LogP contribution in [0.3, 0.4) is 0 Å². The molecule has 0 amide bonds. The van der Waals surface area contributed by atoms with E-state index in [1.54, 1.807) is 0 Å². The molecule has 4 nitrogen and oxygen atoms in total. The van der Waals surface area contributed by atoms with Crippen LogP contribution in [0.5, 0.6) is 0 Å². The zero-order chi connectivity index (χ0) is 11.8. The van der Waals surface area contributed by atoms with Crippen LogP contribution in [0.2, 0.25) is 0 Å². The van der Waals surface area contributed by atoms with Gasteiger partial charge in [0.1, 0.15) is 5.69 Å². The molecule has 0 fully saturated rings. The number of rotatable bonds is 2. The lowest BCUT2D eigenvalue weighted by Crippen LogP contribution is -2.06. The van der Waals surface area contributed by atoms with Crippen molar-refractivity contribution in [1.29, 1.82) is 0 Å². The van der Waals surface area contributed by atoms with E-state index in [2.05, 4.69) is 4.98 Å². The van der Waals surface area contributed by atoms with Crippen LogP contribution in [-0.2, 0) is 9.05 Å². The predicted molar refractivity (Wildman–Crippen MR) is 51.4 cm³/mol. The molecule has 0 bridgehead atoms. The van der Waals surface area contributed by atoms with Gasteiger partial charge >= 0.3 is 0 Å². The van der Waals surface area contributed by atoms with Crippen LogP contribution in [-0.4, -0.2) is 13.4 Å². The summed E-state index contributed by atoms with van der Waals surface area (Å²) in [5, 5.41) is -0.619. The third-order valence-electron chi connectivity index (χ3n) is 1.73. The highest BCUT2D eigenvalue weighted by Gasteiger charge is 2.21. The highest BCUT2D eigenvalue weighted by molar-refractivity contribution is 8.13. The summed E-state index contributed by atoms with van der Waals surface area (Å²) in [6, 6.07) is 1.05. The van der Waals surface area contributed by atoms with Crippen molar-refractivity contribution in [2.24, 2.45) is 0 Å². The lowest BCUT2D eigenvalue weighted by atomic mass is 10.2. The first-order valence-electron chi connectivity index (χ1n) is 3.73. The maximum Gasteiger partial charge on any atom is 0.282 e. The van der Waals surface area contributed by atoms with Gasteiger partial charge in [0.2, 0.25) is 0 Å². The minimum absolute atomic E-state index is 0.194. The summed E-state index contributed by atoms with van der Waals surface area (Å²) < 4.78 is 46.6. The molecule has 0 aromatic carbocycles. The number of hydrogen-bond donors (Lipinski definition) is 1. The Morgan fingerprint density at radius 2 is 2.07 bits per heavy atom. The van der Waals surface area contributed by atoms with E-state index in [0.717, 1.165) is 6.07 Å². The molecule has 1 rings (SSSR count). The van der Waals surface area contributed by atoms with E-state index in [4.69, 9.17) is 16.4 Å². The van der Waals surface area contributed by atoms with Gasteiger partial charge in [-0.3, -0.25) is 0 Å². The lowest BCUT2D eigenvalue weighted by Gasteiger charge is -2.08. The largest absolute Gasteiger partial charge is 0.397 e. The van der Waals surface area contributed by atoms with Crippen molar-refractivity contribution in [2.45, 2.75) is 18.4 Å². The van der Waals surface area contributed by atoms with Gasteiger partial charge in [-0.2, -0.15) is 0 Å². The number of alkyl halides is 2. The molecule has 0 aliphatic carbocycles. The number of pyridine rings is 1. The molecule has 1 aromatic heterocycles. The third kappa shape index (κ3) is 2.54. The molecule has 0 spiro atoms. The quantitative estimate of drug-likeness (QED) is 0.820. The van der Waals surface area contributed by atoms with Crippen LogP contribution in [0.15, 0.2) is 11.1 Å². The molecule has 0 aliphatic rings. The van der Waals surface area contributed by atoms with Crippen LogP contribution in [0.25, 0.3) is 0 Å². The van der Waals surface area contributed by atoms with Gasteiger partial charge in [0.25, 0.3) is 15.5 Å². The van der Waals surface area contributed by atoms with E-state index in [1.165, 1.54) is 6.92 Å². The molecular weight excluding hydrogens is 250 g/mol. The third-order valence-corrected chi connectivity index (χ3v) is 2.91. The molecule has 0 aliphatic heterocycles. The summed E-state index contributed by atoms with van der Waals surface area (Å²) >= 11 is 0. The fourth-order valence-electron chi connectivity index (χ4n) is 0.967. The standard InChI is InChI=1S/C7H7ClF2N2O2S/c1-3-2-4(15(8,13)14)12-6(5(3)11)7(9)10/h2,7H,11H2,1H3. The number of halogens is 3. The number of nitrogens with two attached hydrogens (primary N) is 1. The molecule has 1 heterocycles. The van der Waals surface area contributed by atoms with Crippen molar-refractivity contribution >= 4 is 25.4 Å². The maximum absolute atomic E-state index is 12.4. The molecule has 0 saturated heterocycles. The molecule has 0 unspecified atom stereocenters. The predicted octanol–water partition coefficient (Wildman–Crippen LogP) is 1.84. The second-order valence-electron chi connectivity index (χ2n) is 2.81. The van der Waals surface area contributed by atoms with Gasteiger partial charge in [-0.15, -0.1) is 0 Å². The Morgan fingerprint density at radius 3 is 2.47 bits per heavy atom. The number of nitrogens with zero attached hydrogens (tertiary/aromatic N) is 1. The number of anilines is 1. The van der Waals surface area contributed by atoms with E-state index in [1.807, 2.05) is 0 Å². The Bertz CT molecular complexity index is 490.